The number of nitrogens with zero attached hydrogens (tertiary/aromatic N) is 2. The lowest BCUT2D eigenvalue weighted by Gasteiger charge is -2.00. The Balaban J connectivity index is 1.86. The van der Waals surface area contributed by atoms with Gasteiger partial charge in [0.05, 0.1) is 6.21 Å². The molecule has 0 saturated carbocycles. The highest BCUT2D eigenvalue weighted by Crippen LogP contribution is 2.05. The van der Waals surface area contributed by atoms with Crippen LogP contribution in [-0.4, -0.2) is 24.9 Å². The zero-order chi connectivity index (χ0) is 17.2. The van der Waals surface area contributed by atoms with Crippen LogP contribution in [0.4, 0.5) is 5.69 Å². The summed E-state index contributed by atoms with van der Waals surface area (Å²) in [6.07, 6.45) is 5.73. The molecule has 5 nitrogen and oxygen atoms in total. The normalized spacial score (nSPS) is 11.2. The van der Waals surface area contributed by atoms with Crippen LogP contribution in [0.15, 0.2) is 58.6 Å². The molecule has 2 rings (SSSR count). The summed E-state index contributed by atoms with van der Waals surface area (Å²) in [7, 11) is 0. The number of carbonyl (C=O) groups excluding carboxylic acids is 1. The molecule has 0 bridgehead atoms. The fourth-order valence-electron chi connectivity index (χ4n) is 1.95. The summed E-state index contributed by atoms with van der Waals surface area (Å²) in [6, 6.07) is 14.5. The molecule has 0 atom stereocenters. The maximum Gasteiger partial charge on any atom is 0.271 e. The van der Waals surface area contributed by atoms with Gasteiger partial charge < -0.3 is 5.73 Å². The van der Waals surface area contributed by atoms with Crippen LogP contribution in [0.25, 0.3) is 0 Å². The summed E-state index contributed by atoms with van der Waals surface area (Å²) in [5.74, 6) is -0.272. The van der Waals surface area contributed by atoms with E-state index in [0.29, 0.717) is 11.3 Å². The molecule has 0 spiro atoms. The van der Waals surface area contributed by atoms with Crippen LogP contribution in [0.5, 0.6) is 0 Å². The van der Waals surface area contributed by atoms with Crippen molar-refractivity contribution >= 4 is 24.0 Å². The van der Waals surface area contributed by atoms with Crippen LogP contribution in [-0.2, 0) is 0 Å². The smallest absolute Gasteiger partial charge is 0.271 e. The predicted octanol–water partition coefficient (Wildman–Crippen LogP) is 3.25. The lowest BCUT2D eigenvalue weighted by atomic mass is 10.1. The molecule has 3 N–H and O–H groups in total. The molecule has 0 fully saturated rings. The Morgan fingerprint density at radius 2 is 1.67 bits per heavy atom. The van der Waals surface area contributed by atoms with Crippen molar-refractivity contribution < 1.29 is 4.79 Å². The first-order chi connectivity index (χ1) is 11.7. The maximum absolute atomic E-state index is 11.9. The van der Waals surface area contributed by atoms with Gasteiger partial charge in [-0.2, -0.15) is 5.10 Å². The molecular formula is C19H22N4O. The third kappa shape index (κ3) is 5.68. The number of nitrogens with one attached hydrogen (secondary N) is 1. The number of hydrazone groups is 1. The number of anilines is 1. The standard InChI is InChI=1S/C19H22N4O/c1-2-3-12-21-13-15-4-6-16(7-5-15)14-22-23-19(24)17-8-10-18(20)11-9-17/h4-11,13-14H,2-3,12,20H2,1H3,(H,23,24). The predicted molar refractivity (Wildman–Crippen MR) is 99.7 cm³/mol. The third-order valence-electron chi connectivity index (χ3n) is 3.37. The second-order valence-electron chi connectivity index (χ2n) is 5.38. The molecule has 0 aliphatic carbocycles. The molecule has 124 valence electrons. The molecule has 0 aromatic heterocycles. The average molecular weight is 322 g/mol. The number of unbranched alkanes of at least 4 members (excludes halogenated alkanes) is 1. The fourth-order valence-corrected chi connectivity index (χ4v) is 1.95. The van der Waals surface area contributed by atoms with Crippen LogP contribution in [0.3, 0.4) is 0 Å². The summed E-state index contributed by atoms with van der Waals surface area (Å²) < 4.78 is 0. The summed E-state index contributed by atoms with van der Waals surface area (Å²) >= 11 is 0. The van der Waals surface area contributed by atoms with E-state index in [2.05, 4.69) is 22.4 Å². The van der Waals surface area contributed by atoms with Crippen LogP contribution >= 0.6 is 0 Å². The lowest BCUT2D eigenvalue weighted by molar-refractivity contribution is 0.0955. The van der Waals surface area contributed by atoms with Crippen molar-refractivity contribution in [2.45, 2.75) is 19.8 Å². The number of hydrogen-bond acceptors (Lipinski definition) is 4. The molecule has 0 unspecified atom stereocenters. The van der Waals surface area contributed by atoms with E-state index in [4.69, 9.17) is 5.73 Å². The van der Waals surface area contributed by atoms with E-state index in [0.717, 1.165) is 30.5 Å². The molecule has 1 amide bonds. The molecule has 2 aromatic rings. The Bertz CT molecular complexity index is 703. The van der Waals surface area contributed by atoms with Gasteiger partial charge in [-0.1, -0.05) is 37.6 Å². The zero-order valence-electron chi connectivity index (χ0n) is 13.8. The number of aliphatic imine (C=N–C) groups is 1. The minimum atomic E-state index is -0.272. The Kier molecular flexibility index (Phi) is 6.71. The molecule has 0 aliphatic rings. The molecule has 0 radical (unpaired) electrons. The summed E-state index contributed by atoms with van der Waals surface area (Å²) in [5.41, 5.74) is 11.2. The van der Waals surface area contributed by atoms with Gasteiger partial charge in [0.2, 0.25) is 0 Å². The second-order valence-corrected chi connectivity index (χ2v) is 5.38. The number of carbonyl (C=O) groups is 1. The van der Waals surface area contributed by atoms with E-state index < -0.39 is 0 Å². The second kappa shape index (κ2) is 9.25. The Morgan fingerprint density at radius 3 is 2.29 bits per heavy atom. The Hall–Kier alpha value is -2.95. The highest BCUT2D eigenvalue weighted by molar-refractivity contribution is 5.95. The van der Waals surface area contributed by atoms with E-state index in [9.17, 15) is 4.79 Å². The van der Waals surface area contributed by atoms with Gasteiger partial charge in [0.15, 0.2) is 0 Å². The van der Waals surface area contributed by atoms with Gasteiger partial charge in [0, 0.05) is 24.0 Å². The van der Waals surface area contributed by atoms with Gasteiger partial charge >= 0.3 is 0 Å². The van der Waals surface area contributed by atoms with Crippen molar-refractivity contribution in [2.24, 2.45) is 10.1 Å². The van der Waals surface area contributed by atoms with Crippen molar-refractivity contribution in [3.05, 3.63) is 65.2 Å². The van der Waals surface area contributed by atoms with E-state index in [1.165, 1.54) is 0 Å². The first-order valence-electron chi connectivity index (χ1n) is 7.98. The third-order valence-corrected chi connectivity index (χ3v) is 3.37. The van der Waals surface area contributed by atoms with Gasteiger partial charge in [-0.3, -0.25) is 9.79 Å². The van der Waals surface area contributed by atoms with E-state index >= 15 is 0 Å². The number of benzene rings is 2. The van der Waals surface area contributed by atoms with Crippen LogP contribution in [0.2, 0.25) is 0 Å². The zero-order valence-corrected chi connectivity index (χ0v) is 13.8. The van der Waals surface area contributed by atoms with E-state index in [-0.39, 0.29) is 5.91 Å². The topological polar surface area (TPSA) is 79.8 Å². The number of nitrogen functional groups attached to an aromatic ring is 1. The van der Waals surface area contributed by atoms with Gasteiger partial charge in [0.25, 0.3) is 5.91 Å². The van der Waals surface area contributed by atoms with Crippen molar-refractivity contribution in [3.63, 3.8) is 0 Å². The fraction of sp³-hybridized carbons (Fsp3) is 0.211. The molecular weight excluding hydrogens is 300 g/mol. The van der Waals surface area contributed by atoms with Crippen molar-refractivity contribution in [1.82, 2.24) is 5.43 Å². The monoisotopic (exact) mass is 322 g/mol. The molecule has 2 aromatic carbocycles. The van der Waals surface area contributed by atoms with Crippen molar-refractivity contribution in [2.75, 3.05) is 12.3 Å². The highest BCUT2D eigenvalue weighted by atomic mass is 16.2. The molecule has 0 saturated heterocycles. The molecule has 0 aliphatic heterocycles. The minimum absolute atomic E-state index is 0.272. The summed E-state index contributed by atoms with van der Waals surface area (Å²) in [4.78, 5) is 16.3. The van der Waals surface area contributed by atoms with E-state index in [1.807, 2.05) is 30.5 Å². The van der Waals surface area contributed by atoms with Gasteiger partial charge in [-0.15, -0.1) is 0 Å². The first-order valence-corrected chi connectivity index (χ1v) is 7.98. The van der Waals surface area contributed by atoms with Crippen LogP contribution < -0.4 is 11.2 Å². The number of hydrogen-bond donors (Lipinski definition) is 2. The SMILES string of the molecule is CCCCN=Cc1ccc(C=NNC(=O)c2ccc(N)cc2)cc1. The Labute approximate surface area is 142 Å². The number of rotatable bonds is 7. The van der Waals surface area contributed by atoms with Gasteiger partial charge in [0.1, 0.15) is 0 Å². The van der Waals surface area contributed by atoms with Gasteiger partial charge in [-0.05, 0) is 41.8 Å². The Morgan fingerprint density at radius 1 is 1.04 bits per heavy atom. The van der Waals surface area contributed by atoms with Crippen LogP contribution in [0.1, 0.15) is 41.3 Å². The van der Waals surface area contributed by atoms with Crippen LogP contribution in [0, 0.1) is 0 Å². The lowest BCUT2D eigenvalue weighted by Crippen LogP contribution is -2.17. The highest BCUT2D eigenvalue weighted by Gasteiger charge is 2.02. The summed E-state index contributed by atoms with van der Waals surface area (Å²) in [5, 5.41) is 3.97. The first kappa shape index (κ1) is 17.4. The maximum atomic E-state index is 11.9. The van der Waals surface area contributed by atoms with Gasteiger partial charge in [-0.25, -0.2) is 5.43 Å². The number of nitrogens with two attached hydrogens (primary N) is 1. The summed E-state index contributed by atoms with van der Waals surface area (Å²) in [6.45, 7) is 3.01. The van der Waals surface area contributed by atoms with E-state index in [1.54, 1.807) is 30.5 Å². The largest absolute Gasteiger partial charge is 0.399 e. The quantitative estimate of drug-likeness (QED) is 0.355. The molecule has 0 heterocycles. The van der Waals surface area contributed by atoms with Crippen molar-refractivity contribution in [1.29, 1.82) is 0 Å². The average Bonchev–Trinajstić information content (AvgIpc) is 2.60. The number of amides is 1. The molecule has 24 heavy (non-hydrogen) atoms. The minimum Gasteiger partial charge on any atom is -0.399 e. The molecule has 5 heteroatoms. The van der Waals surface area contributed by atoms with Crippen molar-refractivity contribution in [3.8, 4) is 0 Å².